The van der Waals surface area contributed by atoms with Crippen molar-refractivity contribution in [1.82, 2.24) is 15.6 Å². The number of nitrogens with one attached hydrogen (secondary N) is 3. The second kappa shape index (κ2) is 9.14. The van der Waals surface area contributed by atoms with Gasteiger partial charge in [-0.3, -0.25) is 4.99 Å². The lowest BCUT2D eigenvalue weighted by Crippen LogP contribution is -2.40. The Hall–Kier alpha value is -1.26. The summed E-state index contributed by atoms with van der Waals surface area (Å²) in [7, 11) is 1.66. The molecule has 1 heterocycles. The Morgan fingerprint density at radius 3 is 2.65 bits per heavy atom. The maximum absolute atomic E-state index is 12.8. The van der Waals surface area contributed by atoms with E-state index in [0.717, 1.165) is 18.5 Å². The summed E-state index contributed by atoms with van der Waals surface area (Å²) in [5, 5.41) is 8.93. The fourth-order valence-corrected chi connectivity index (χ4v) is 1.92. The van der Waals surface area contributed by atoms with Crippen LogP contribution in [0.1, 0.15) is 18.4 Å². The van der Waals surface area contributed by atoms with E-state index >= 15 is 0 Å². The van der Waals surface area contributed by atoms with E-state index in [9.17, 15) is 13.2 Å². The second-order valence-electron chi connectivity index (χ2n) is 5.15. The van der Waals surface area contributed by atoms with Gasteiger partial charge in [0.1, 0.15) is 5.82 Å². The lowest BCUT2D eigenvalue weighted by Gasteiger charge is -2.14. The van der Waals surface area contributed by atoms with Crippen LogP contribution in [0.2, 0.25) is 0 Å². The minimum atomic E-state index is -4.41. The number of hydrogen-bond donors (Lipinski definition) is 3. The number of aliphatic imine (C=N–C) groups is 1. The molecule has 0 amide bonds. The predicted octanol–water partition coefficient (Wildman–Crippen LogP) is 2.71. The summed E-state index contributed by atoms with van der Waals surface area (Å²) in [4.78, 5) is 7.81. The van der Waals surface area contributed by atoms with Gasteiger partial charge in [-0.05, 0) is 30.9 Å². The zero-order valence-corrected chi connectivity index (χ0v) is 15.1. The molecular weight excluding hydrogens is 422 g/mol. The van der Waals surface area contributed by atoms with Crippen LogP contribution in [0.25, 0.3) is 0 Å². The molecule has 1 aromatic heterocycles. The van der Waals surface area contributed by atoms with Gasteiger partial charge in [-0.25, -0.2) is 4.98 Å². The van der Waals surface area contributed by atoms with Gasteiger partial charge >= 0.3 is 6.18 Å². The molecule has 23 heavy (non-hydrogen) atoms. The van der Waals surface area contributed by atoms with E-state index in [-0.39, 0.29) is 29.8 Å². The molecule has 0 atom stereocenters. The van der Waals surface area contributed by atoms with E-state index in [1.807, 2.05) is 0 Å². The van der Waals surface area contributed by atoms with Crippen molar-refractivity contribution in [3.05, 3.63) is 23.9 Å². The average molecular weight is 443 g/mol. The Morgan fingerprint density at radius 2 is 2.04 bits per heavy atom. The maximum Gasteiger partial charge on any atom is 0.419 e. The molecule has 1 fully saturated rings. The van der Waals surface area contributed by atoms with Crippen molar-refractivity contribution >= 4 is 35.8 Å². The van der Waals surface area contributed by atoms with Gasteiger partial charge in [-0.2, -0.15) is 13.2 Å². The molecule has 0 radical (unpaired) electrons. The van der Waals surface area contributed by atoms with Crippen LogP contribution < -0.4 is 16.0 Å². The van der Waals surface area contributed by atoms with Gasteiger partial charge in [0.05, 0.1) is 5.56 Å². The molecule has 1 saturated carbocycles. The predicted molar refractivity (Wildman–Crippen MR) is 95.2 cm³/mol. The van der Waals surface area contributed by atoms with Crippen molar-refractivity contribution in [2.75, 3.05) is 32.0 Å². The first kappa shape index (κ1) is 19.8. The molecule has 130 valence electrons. The van der Waals surface area contributed by atoms with Crippen LogP contribution in [0, 0.1) is 5.92 Å². The lowest BCUT2D eigenvalue weighted by atomic mass is 10.2. The smallest absolute Gasteiger partial charge is 0.368 e. The molecule has 1 aliphatic rings. The summed E-state index contributed by atoms with van der Waals surface area (Å²) in [5.41, 5.74) is -0.758. The number of nitrogens with zero attached hydrogens (tertiary/aromatic N) is 2. The first-order valence-electron chi connectivity index (χ1n) is 7.21. The molecule has 2 rings (SSSR count). The lowest BCUT2D eigenvalue weighted by molar-refractivity contribution is -0.137. The number of pyridine rings is 1. The molecule has 0 aliphatic heterocycles. The van der Waals surface area contributed by atoms with Crippen LogP contribution in [0.3, 0.4) is 0 Å². The number of guanidine groups is 1. The van der Waals surface area contributed by atoms with Gasteiger partial charge < -0.3 is 16.0 Å². The molecule has 1 aromatic rings. The SMILES string of the molecule is CN=C(NCCNc1ncccc1C(F)(F)F)NCC1CC1.I. The molecule has 0 unspecified atom stereocenters. The van der Waals surface area contributed by atoms with E-state index < -0.39 is 11.7 Å². The summed E-state index contributed by atoms with van der Waals surface area (Å²) in [6, 6.07) is 2.29. The van der Waals surface area contributed by atoms with Gasteiger partial charge in [-0.1, -0.05) is 0 Å². The minimum absolute atomic E-state index is 0. The third-order valence-electron chi connectivity index (χ3n) is 3.30. The van der Waals surface area contributed by atoms with Crippen LogP contribution in [0.5, 0.6) is 0 Å². The van der Waals surface area contributed by atoms with Gasteiger partial charge in [0.2, 0.25) is 0 Å². The third kappa shape index (κ3) is 6.80. The number of rotatable bonds is 6. The molecule has 5 nitrogen and oxygen atoms in total. The Labute approximate surface area is 150 Å². The fourth-order valence-electron chi connectivity index (χ4n) is 1.92. The zero-order chi connectivity index (χ0) is 16.0. The molecule has 1 aliphatic carbocycles. The van der Waals surface area contributed by atoms with Crippen LogP contribution in [-0.2, 0) is 6.18 Å². The zero-order valence-electron chi connectivity index (χ0n) is 12.8. The molecule has 0 spiro atoms. The van der Waals surface area contributed by atoms with Crippen molar-refractivity contribution < 1.29 is 13.2 Å². The van der Waals surface area contributed by atoms with Gasteiger partial charge in [0, 0.05) is 32.9 Å². The third-order valence-corrected chi connectivity index (χ3v) is 3.30. The highest BCUT2D eigenvalue weighted by atomic mass is 127. The minimum Gasteiger partial charge on any atom is -0.368 e. The van der Waals surface area contributed by atoms with E-state index in [0.29, 0.717) is 19.0 Å². The van der Waals surface area contributed by atoms with Gasteiger partial charge in [-0.15, -0.1) is 24.0 Å². The number of halogens is 4. The van der Waals surface area contributed by atoms with Gasteiger partial charge in [0.25, 0.3) is 0 Å². The van der Waals surface area contributed by atoms with Gasteiger partial charge in [0.15, 0.2) is 5.96 Å². The highest BCUT2D eigenvalue weighted by Crippen LogP contribution is 2.33. The number of hydrogen-bond acceptors (Lipinski definition) is 3. The highest BCUT2D eigenvalue weighted by molar-refractivity contribution is 14.0. The summed E-state index contributed by atoms with van der Waals surface area (Å²) < 4.78 is 38.4. The van der Waals surface area contributed by atoms with Crippen LogP contribution in [0.4, 0.5) is 19.0 Å². The van der Waals surface area contributed by atoms with Crippen molar-refractivity contribution in [2.45, 2.75) is 19.0 Å². The summed E-state index contributed by atoms with van der Waals surface area (Å²) >= 11 is 0. The molecular formula is C14H21F3IN5. The van der Waals surface area contributed by atoms with E-state index in [2.05, 4.69) is 25.9 Å². The van der Waals surface area contributed by atoms with E-state index in [4.69, 9.17) is 0 Å². The topological polar surface area (TPSA) is 61.3 Å². The molecule has 9 heteroatoms. The van der Waals surface area contributed by atoms with E-state index in [1.165, 1.54) is 25.1 Å². The first-order valence-corrected chi connectivity index (χ1v) is 7.21. The normalized spacial score (nSPS) is 14.9. The quantitative estimate of drug-likeness (QED) is 0.274. The summed E-state index contributed by atoms with van der Waals surface area (Å²) in [5.74, 6) is 1.23. The monoisotopic (exact) mass is 443 g/mol. The standard InChI is InChI=1S/C14H20F3N5.HI/c1-18-13(22-9-10-4-5-10)21-8-7-20-12-11(14(15,16)17)3-2-6-19-12;/h2-3,6,10H,4-5,7-9H2,1H3,(H,19,20)(H2,18,21,22);1H. The Balaban J connectivity index is 0.00000264. The van der Waals surface area contributed by atoms with Crippen LogP contribution in [0.15, 0.2) is 23.3 Å². The summed E-state index contributed by atoms with van der Waals surface area (Å²) in [6.45, 7) is 1.63. The van der Waals surface area contributed by atoms with E-state index in [1.54, 1.807) is 7.05 Å². The van der Waals surface area contributed by atoms with Crippen molar-refractivity contribution in [1.29, 1.82) is 0 Å². The number of anilines is 1. The van der Waals surface area contributed by atoms with Crippen molar-refractivity contribution in [3.63, 3.8) is 0 Å². The first-order chi connectivity index (χ1) is 10.5. The average Bonchev–Trinajstić information content (AvgIpc) is 3.30. The van der Waals surface area contributed by atoms with Crippen LogP contribution in [-0.4, -0.2) is 37.6 Å². The number of alkyl halides is 3. The molecule has 3 N–H and O–H groups in total. The summed E-state index contributed by atoms with van der Waals surface area (Å²) in [6.07, 6.45) is -0.593. The molecule has 0 saturated heterocycles. The Morgan fingerprint density at radius 1 is 1.30 bits per heavy atom. The Kier molecular flexibility index (Phi) is 7.86. The highest BCUT2D eigenvalue weighted by Gasteiger charge is 2.33. The molecule has 0 bridgehead atoms. The molecule has 0 aromatic carbocycles. The maximum atomic E-state index is 12.8. The van der Waals surface area contributed by atoms with Crippen molar-refractivity contribution in [3.8, 4) is 0 Å². The van der Waals surface area contributed by atoms with Crippen molar-refractivity contribution in [2.24, 2.45) is 10.9 Å². The number of aromatic nitrogens is 1. The second-order valence-corrected chi connectivity index (χ2v) is 5.15. The fraction of sp³-hybridized carbons (Fsp3) is 0.571. The Bertz CT molecular complexity index is 517. The largest absolute Gasteiger partial charge is 0.419 e. The van der Waals surface area contributed by atoms with Crippen LogP contribution >= 0.6 is 24.0 Å².